The summed E-state index contributed by atoms with van der Waals surface area (Å²) in [6, 6.07) is -0.00447. The lowest BCUT2D eigenvalue weighted by Gasteiger charge is -2.34. The third-order valence-corrected chi connectivity index (χ3v) is 7.15. The van der Waals surface area contributed by atoms with E-state index in [-0.39, 0.29) is 36.8 Å². The molecule has 2 saturated carbocycles. The van der Waals surface area contributed by atoms with E-state index in [9.17, 15) is 14.0 Å². The number of hydrazone groups is 1. The molecule has 178 valence electrons. The molecule has 0 aromatic rings. The number of halogens is 1. The van der Waals surface area contributed by atoms with Crippen LogP contribution in [0.4, 0.5) is 4.39 Å². The number of carbonyl (C=O) groups excluding carboxylic acids is 1. The summed E-state index contributed by atoms with van der Waals surface area (Å²) < 4.78 is 19.3. The monoisotopic (exact) mass is 440 g/mol. The number of ether oxygens (including phenoxy) is 1. The molecule has 1 amide bonds. The second-order valence-corrected chi connectivity index (χ2v) is 9.12. The number of hydrogen-bond donors (Lipinski definition) is 1. The molecule has 7 heteroatoms. The Morgan fingerprint density at radius 3 is 2.42 bits per heavy atom. The van der Waals surface area contributed by atoms with Crippen LogP contribution in [0.2, 0.25) is 0 Å². The summed E-state index contributed by atoms with van der Waals surface area (Å²) in [4.78, 5) is 23.7. The van der Waals surface area contributed by atoms with Crippen LogP contribution in [-0.2, 0) is 14.3 Å². The smallest absolute Gasteiger partial charge is 0.303 e. The third-order valence-electron chi connectivity index (χ3n) is 7.15. The molecule has 2 aliphatic carbocycles. The van der Waals surface area contributed by atoms with Gasteiger partial charge in [-0.3, -0.25) is 9.59 Å². The highest BCUT2D eigenvalue weighted by molar-refractivity contribution is 5.92. The lowest BCUT2D eigenvalue weighted by atomic mass is 9.75. The summed E-state index contributed by atoms with van der Waals surface area (Å²) in [5.41, 5.74) is 1.08. The SMILES string of the molecule is CC.COC1CC(C2=NN(C(=O)CCCC(=O)O)C(C3CCC(F)CC3)C2)CCC1C. The first-order valence-electron chi connectivity index (χ1n) is 12.2. The van der Waals surface area contributed by atoms with Crippen molar-refractivity contribution in [3.8, 4) is 0 Å². The maximum atomic E-state index is 13.6. The summed E-state index contributed by atoms with van der Waals surface area (Å²) >= 11 is 0. The number of rotatable bonds is 7. The Balaban J connectivity index is 0.00000166. The molecular formula is C24H41FN2O4. The zero-order chi connectivity index (χ0) is 23.0. The number of carbonyl (C=O) groups is 2. The van der Waals surface area contributed by atoms with Gasteiger partial charge in [0.05, 0.1) is 12.1 Å². The van der Waals surface area contributed by atoms with Crippen LogP contribution in [0.15, 0.2) is 5.10 Å². The highest BCUT2D eigenvalue weighted by Gasteiger charge is 2.41. The minimum absolute atomic E-state index is 0.00447. The van der Waals surface area contributed by atoms with E-state index in [1.54, 1.807) is 12.1 Å². The minimum Gasteiger partial charge on any atom is -0.481 e. The van der Waals surface area contributed by atoms with Crippen molar-refractivity contribution in [2.75, 3.05) is 7.11 Å². The second kappa shape index (κ2) is 12.5. The lowest BCUT2D eigenvalue weighted by molar-refractivity contribution is -0.137. The molecule has 0 aromatic carbocycles. The van der Waals surface area contributed by atoms with E-state index in [4.69, 9.17) is 14.9 Å². The molecule has 1 aliphatic heterocycles. The van der Waals surface area contributed by atoms with Gasteiger partial charge >= 0.3 is 5.97 Å². The highest BCUT2D eigenvalue weighted by Crippen LogP contribution is 2.39. The zero-order valence-electron chi connectivity index (χ0n) is 19.7. The summed E-state index contributed by atoms with van der Waals surface area (Å²) in [7, 11) is 1.76. The normalized spacial score (nSPS) is 33.3. The Bertz CT molecular complexity index is 619. The molecule has 4 unspecified atom stereocenters. The molecule has 0 spiro atoms. The standard InChI is InChI=1S/C22H35FN2O4.C2H6/c1-14-6-7-16(12-20(14)29-2)18-13-19(15-8-10-17(23)11-9-15)25(24-18)21(26)4-3-5-22(27)28;1-2/h14-17,19-20H,3-13H2,1-2H3,(H,27,28);1-2H3. The summed E-state index contributed by atoms with van der Waals surface area (Å²) in [5.74, 6) is 0.146. The number of carboxylic acid groups (broad SMARTS) is 1. The van der Waals surface area contributed by atoms with E-state index in [1.807, 2.05) is 13.8 Å². The van der Waals surface area contributed by atoms with Crippen LogP contribution in [0.25, 0.3) is 0 Å². The Hall–Kier alpha value is -1.50. The van der Waals surface area contributed by atoms with Crippen molar-refractivity contribution >= 4 is 17.6 Å². The zero-order valence-corrected chi connectivity index (χ0v) is 19.7. The molecule has 3 aliphatic rings. The van der Waals surface area contributed by atoms with Crippen molar-refractivity contribution in [1.82, 2.24) is 5.01 Å². The Morgan fingerprint density at radius 1 is 1.13 bits per heavy atom. The molecular weight excluding hydrogens is 399 g/mol. The third kappa shape index (κ3) is 6.99. The van der Waals surface area contributed by atoms with E-state index in [0.29, 0.717) is 31.1 Å². The number of hydrogen-bond acceptors (Lipinski definition) is 4. The van der Waals surface area contributed by atoms with Gasteiger partial charge in [0.25, 0.3) is 0 Å². The van der Waals surface area contributed by atoms with E-state index < -0.39 is 12.1 Å². The number of amides is 1. The maximum absolute atomic E-state index is 13.6. The van der Waals surface area contributed by atoms with Gasteiger partial charge in [-0.05, 0) is 63.2 Å². The Labute approximate surface area is 186 Å². The van der Waals surface area contributed by atoms with Crippen LogP contribution >= 0.6 is 0 Å². The molecule has 1 N–H and O–H groups in total. The van der Waals surface area contributed by atoms with E-state index in [0.717, 1.165) is 44.2 Å². The first-order valence-corrected chi connectivity index (χ1v) is 12.2. The number of aliphatic carboxylic acids is 1. The van der Waals surface area contributed by atoms with Crippen LogP contribution in [0.1, 0.15) is 91.4 Å². The molecule has 0 bridgehead atoms. The second-order valence-electron chi connectivity index (χ2n) is 9.12. The van der Waals surface area contributed by atoms with Crippen molar-refractivity contribution in [1.29, 1.82) is 0 Å². The van der Waals surface area contributed by atoms with Crippen LogP contribution < -0.4 is 0 Å². The lowest BCUT2D eigenvalue weighted by Crippen LogP contribution is -2.40. The summed E-state index contributed by atoms with van der Waals surface area (Å²) in [6.07, 6.45) is 6.55. The van der Waals surface area contributed by atoms with Crippen molar-refractivity contribution in [2.24, 2.45) is 22.9 Å². The van der Waals surface area contributed by atoms with Gasteiger partial charge in [-0.2, -0.15) is 5.10 Å². The predicted octanol–water partition coefficient (Wildman–Crippen LogP) is 5.20. The molecule has 1 heterocycles. The summed E-state index contributed by atoms with van der Waals surface area (Å²) in [6.45, 7) is 6.22. The van der Waals surface area contributed by atoms with Crippen molar-refractivity contribution in [2.45, 2.75) is 110 Å². The topological polar surface area (TPSA) is 79.2 Å². The average Bonchev–Trinajstić information content (AvgIpc) is 3.21. The minimum atomic E-state index is -0.886. The van der Waals surface area contributed by atoms with Crippen molar-refractivity contribution < 1.29 is 23.8 Å². The molecule has 0 radical (unpaired) electrons. The fourth-order valence-electron chi connectivity index (χ4n) is 5.29. The Kier molecular flexibility index (Phi) is 10.4. The fourth-order valence-corrected chi connectivity index (χ4v) is 5.29. The quantitative estimate of drug-likeness (QED) is 0.590. The van der Waals surface area contributed by atoms with Gasteiger partial charge < -0.3 is 9.84 Å². The molecule has 6 nitrogen and oxygen atoms in total. The average molecular weight is 441 g/mol. The Morgan fingerprint density at radius 2 is 1.81 bits per heavy atom. The van der Waals surface area contributed by atoms with Crippen LogP contribution in [0, 0.1) is 17.8 Å². The molecule has 3 rings (SSSR count). The fraction of sp³-hybridized carbons (Fsp3) is 0.875. The molecule has 0 saturated heterocycles. The van der Waals surface area contributed by atoms with Gasteiger partial charge in [0.1, 0.15) is 6.17 Å². The first-order chi connectivity index (χ1) is 14.9. The van der Waals surface area contributed by atoms with Crippen molar-refractivity contribution in [3.05, 3.63) is 0 Å². The van der Waals surface area contributed by atoms with Crippen LogP contribution in [0.3, 0.4) is 0 Å². The van der Waals surface area contributed by atoms with Crippen LogP contribution in [-0.4, -0.2) is 53.1 Å². The van der Waals surface area contributed by atoms with Gasteiger partial charge in [-0.1, -0.05) is 20.8 Å². The first kappa shape index (κ1) is 25.8. The van der Waals surface area contributed by atoms with Gasteiger partial charge in [-0.25, -0.2) is 9.40 Å². The highest BCUT2D eigenvalue weighted by atomic mass is 19.1. The van der Waals surface area contributed by atoms with E-state index in [1.165, 1.54) is 0 Å². The van der Waals surface area contributed by atoms with Gasteiger partial charge in [0.15, 0.2) is 0 Å². The van der Waals surface area contributed by atoms with E-state index in [2.05, 4.69) is 6.92 Å². The number of methoxy groups -OCH3 is 1. The number of carboxylic acids is 1. The van der Waals surface area contributed by atoms with Gasteiger partial charge in [0, 0.05) is 38.0 Å². The van der Waals surface area contributed by atoms with Crippen LogP contribution in [0.5, 0.6) is 0 Å². The largest absolute Gasteiger partial charge is 0.481 e. The van der Waals surface area contributed by atoms with E-state index >= 15 is 0 Å². The van der Waals surface area contributed by atoms with Gasteiger partial charge in [-0.15, -0.1) is 0 Å². The summed E-state index contributed by atoms with van der Waals surface area (Å²) in [5, 5.41) is 15.3. The number of nitrogens with zero attached hydrogens (tertiary/aromatic N) is 2. The number of alkyl halides is 1. The maximum Gasteiger partial charge on any atom is 0.303 e. The van der Waals surface area contributed by atoms with Crippen molar-refractivity contribution in [3.63, 3.8) is 0 Å². The van der Waals surface area contributed by atoms with Gasteiger partial charge in [0.2, 0.25) is 5.91 Å². The molecule has 0 aromatic heterocycles. The molecule has 4 atom stereocenters. The molecule has 2 fully saturated rings. The molecule has 31 heavy (non-hydrogen) atoms. The predicted molar refractivity (Wildman–Crippen MR) is 120 cm³/mol.